The van der Waals surface area contributed by atoms with E-state index in [9.17, 15) is 13.2 Å². The van der Waals surface area contributed by atoms with Crippen molar-refractivity contribution in [1.82, 2.24) is 0 Å². The summed E-state index contributed by atoms with van der Waals surface area (Å²) in [5, 5.41) is 1.47. The summed E-state index contributed by atoms with van der Waals surface area (Å²) in [5.74, 6) is 1.14. The van der Waals surface area contributed by atoms with Crippen molar-refractivity contribution in [1.29, 1.82) is 0 Å². The molecular formula is C14H20F3NO3S2Si. The van der Waals surface area contributed by atoms with Crippen molar-refractivity contribution in [2.75, 3.05) is 13.2 Å². The van der Waals surface area contributed by atoms with Gasteiger partial charge in [0.25, 0.3) is 0 Å². The normalized spacial score (nSPS) is 17.0. The number of hydrogen-bond acceptors (Lipinski definition) is 4. The van der Waals surface area contributed by atoms with E-state index in [-0.39, 0.29) is 0 Å². The Balaban J connectivity index is 0.000000307. The lowest BCUT2D eigenvalue weighted by atomic mass is 10.1. The van der Waals surface area contributed by atoms with Crippen LogP contribution in [0.2, 0.25) is 19.6 Å². The zero-order valence-electron chi connectivity index (χ0n) is 13.8. The predicted octanol–water partition coefficient (Wildman–Crippen LogP) is 3.25. The van der Waals surface area contributed by atoms with Gasteiger partial charge in [-0.1, -0.05) is 49.6 Å². The molecule has 0 bridgehead atoms. The van der Waals surface area contributed by atoms with Gasteiger partial charge in [-0.15, -0.1) is 0 Å². The maximum absolute atomic E-state index is 10.7. The third kappa shape index (κ3) is 6.23. The Morgan fingerprint density at radius 3 is 2.21 bits per heavy atom. The predicted molar refractivity (Wildman–Crippen MR) is 92.0 cm³/mol. The van der Waals surface area contributed by atoms with Crippen molar-refractivity contribution in [3.8, 4) is 0 Å². The molecule has 1 heterocycles. The second-order valence-corrected chi connectivity index (χ2v) is 14.3. The van der Waals surface area contributed by atoms with E-state index in [1.807, 2.05) is 11.8 Å². The summed E-state index contributed by atoms with van der Waals surface area (Å²) in [6, 6.07) is 8.79. The van der Waals surface area contributed by atoms with Crippen LogP contribution in [0.3, 0.4) is 0 Å². The molecule has 0 aliphatic carbocycles. The van der Waals surface area contributed by atoms with Gasteiger partial charge in [-0.05, 0) is 11.6 Å². The maximum atomic E-state index is 10.7. The van der Waals surface area contributed by atoms with Crippen molar-refractivity contribution in [2.45, 2.75) is 30.9 Å². The van der Waals surface area contributed by atoms with Gasteiger partial charge in [0.05, 0.1) is 5.56 Å². The molecule has 0 saturated carbocycles. The molecule has 1 aliphatic rings. The lowest BCUT2D eigenvalue weighted by Crippen LogP contribution is -2.35. The molecule has 1 aliphatic heterocycles. The third-order valence-electron chi connectivity index (χ3n) is 2.95. The van der Waals surface area contributed by atoms with Crippen molar-refractivity contribution in [2.24, 2.45) is 0 Å². The Morgan fingerprint density at radius 2 is 1.75 bits per heavy atom. The molecule has 136 valence electrons. The second-order valence-electron chi connectivity index (χ2n) is 6.57. The minimum absolute atomic E-state index is 1.02. The molecule has 4 nitrogen and oxygen atoms in total. The van der Waals surface area contributed by atoms with E-state index in [0.29, 0.717) is 0 Å². The highest BCUT2D eigenvalue weighted by Crippen LogP contribution is 2.30. The zero-order chi connectivity index (χ0) is 18.8. The van der Waals surface area contributed by atoms with Crippen LogP contribution in [-0.4, -0.2) is 49.4 Å². The topological polar surface area (TPSA) is 60.2 Å². The molecule has 1 aromatic rings. The average molecular weight is 400 g/mol. The van der Waals surface area contributed by atoms with Crippen LogP contribution in [0.25, 0.3) is 0 Å². The van der Waals surface area contributed by atoms with Crippen LogP contribution >= 0.6 is 11.8 Å². The number of thioether (sulfide) groups is 1. The highest BCUT2D eigenvalue weighted by molar-refractivity contribution is 8.14. The van der Waals surface area contributed by atoms with Crippen LogP contribution in [0.1, 0.15) is 11.1 Å². The first-order valence-electron chi connectivity index (χ1n) is 7.04. The van der Waals surface area contributed by atoms with Gasteiger partial charge < -0.3 is 4.55 Å². The van der Waals surface area contributed by atoms with Crippen molar-refractivity contribution in [3.63, 3.8) is 0 Å². The molecule has 2 rings (SSSR count). The molecule has 0 radical (unpaired) electrons. The van der Waals surface area contributed by atoms with E-state index >= 15 is 0 Å². The Hall–Kier alpha value is -0.843. The summed E-state index contributed by atoms with van der Waals surface area (Å²) in [6.45, 7) is 7.28. The van der Waals surface area contributed by atoms with Crippen LogP contribution in [0.5, 0.6) is 0 Å². The number of benzene rings is 1. The van der Waals surface area contributed by atoms with Gasteiger partial charge in [0.15, 0.2) is 10.1 Å². The minimum Gasteiger partial charge on any atom is -0.741 e. The SMILES string of the molecule is C/[N+](C[Si](C)(C)C)=C1\SCc2ccccc21.O=S(=O)([O-])C(F)(F)F. The van der Waals surface area contributed by atoms with Gasteiger partial charge >= 0.3 is 5.51 Å². The van der Waals surface area contributed by atoms with E-state index < -0.39 is 23.7 Å². The molecule has 10 heteroatoms. The largest absolute Gasteiger partial charge is 0.741 e. The number of hydrogen-bond donors (Lipinski definition) is 0. The highest BCUT2D eigenvalue weighted by atomic mass is 32.2. The van der Waals surface area contributed by atoms with Gasteiger partial charge in [0.2, 0.25) is 5.04 Å². The zero-order valence-corrected chi connectivity index (χ0v) is 16.5. The number of rotatable bonds is 2. The molecule has 0 amide bonds. The molecule has 0 saturated heterocycles. The monoisotopic (exact) mass is 399 g/mol. The molecule has 0 N–H and O–H groups in total. The Labute approximate surface area is 145 Å². The van der Waals surface area contributed by atoms with E-state index in [1.165, 1.54) is 22.3 Å². The van der Waals surface area contributed by atoms with Gasteiger partial charge in [-0.2, -0.15) is 13.2 Å². The molecule has 0 unspecified atom stereocenters. The second kappa shape index (κ2) is 7.59. The lowest BCUT2D eigenvalue weighted by molar-refractivity contribution is -0.476. The number of nitrogens with zero attached hydrogens (tertiary/aromatic N) is 1. The highest BCUT2D eigenvalue weighted by Gasteiger charge is 2.37. The first kappa shape index (κ1) is 21.2. The average Bonchev–Trinajstić information content (AvgIpc) is 2.78. The van der Waals surface area contributed by atoms with Gasteiger partial charge in [-0.25, -0.2) is 13.0 Å². The van der Waals surface area contributed by atoms with Crippen LogP contribution < -0.4 is 0 Å². The molecule has 0 fully saturated rings. The summed E-state index contributed by atoms with van der Waals surface area (Å²) in [4.78, 5) is 0. The van der Waals surface area contributed by atoms with Crippen LogP contribution in [0, 0.1) is 0 Å². The molecule has 0 aromatic heterocycles. The molecule has 0 atom stereocenters. The summed E-state index contributed by atoms with van der Waals surface area (Å²) >= 11 is 1.98. The maximum Gasteiger partial charge on any atom is 0.485 e. The van der Waals surface area contributed by atoms with E-state index in [2.05, 4.69) is 55.5 Å². The molecule has 24 heavy (non-hydrogen) atoms. The summed E-state index contributed by atoms with van der Waals surface area (Å²) in [6.07, 6.45) is 1.24. The number of alkyl halides is 3. The quantitative estimate of drug-likeness (QED) is 0.332. The molecule has 0 spiro atoms. The smallest absolute Gasteiger partial charge is 0.485 e. The van der Waals surface area contributed by atoms with Gasteiger partial charge in [0.1, 0.15) is 21.3 Å². The van der Waals surface area contributed by atoms with Crippen molar-refractivity contribution in [3.05, 3.63) is 35.4 Å². The third-order valence-corrected chi connectivity index (χ3v) is 6.20. The standard InChI is InChI=1S/C13H20NSSi.CHF3O3S/c1-14(10-16(2,3)4)13-12-8-6-5-7-11(12)9-15-13;2-1(3,4)8(5,6)7/h5-8H,9-10H2,1-4H3;(H,5,6,7)/q+1;/p-1/b14-13+;. The fraction of sp³-hybridized carbons (Fsp3) is 0.500. The van der Waals surface area contributed by atoms with Gasteiger partial charge in [-0.3, -0.25) is 0 Å². The Bertz CT molecular complexity index is 726. The van der Waals surface area contributed by atoms with Crippen LogP contribution in [0.4, 0.5) is 13.2 Å². The van der Waals surface area contributed by atoms with E-state index in [4.69, 9.17) is 13.0 Å². The molecule has 1 aromatic carbocycles. The fourth-order valence-corrected chi connectivity index (χ4v) is 5.06. The summed E-state index contributed by atoms with van der Waals surface area (Å²) < 4.78 is 61.4. The number of halogens is 3. The molecular weight excluding hydrogens is 379 g/mol. The first-order chi connectivity index (χ1) is 10.7. The van der Waals surface area contributed by atoms with Crippen LogP contribution in [0.15, 0.2) is 24.3 Å². The lowest BCUT2D eigenvalue weighted by Gasteiger charge is -2.12. The Kier molecular flexibility index (Phi) is 6.70. The Morgan fingerprint density at radius 1 is 1.25 bits per heavy atom. The fourth-order valence-electron chi connectivity index (χ4n) is 2.18. The van der Waals surface area contributed by atoms with Gasteiger partial charge in [0, 0.05) is 5.75 Å². The van der Waals surface area contributed by atoms with Crippen molar-refractivity contribution < 1.29 is 30.7 Å². The summed E-state index contributed by atoms with van der Waals surface area (Å²) in [5.41, 5.74) is -2.70. The first-order valence-corrected chi connectivity index (χ1v) is 13.1. The number of fused-ring (bicyclic) bond motifs is 1. The van der Waals surface area contributed by atoms with Crippen molar-refractivity contribution >= 4 is 35.0 Å². The minimum atomic E-state index is -6.09. The van der Waals surface area contributed by atoms with E-state index in [1.54, 1.807) is 0 Å². The van der Waals surface area contributed by atoms with Crippen LogP contribution in [-0.2, 0) is 15.9 Å². The van der Waals surface area contributed by atoms with E-state index in [0.717, 1.165) is 5.75 Å². The summed E-state index contributed by atoms with van der Waals surface area (Å²) in [7, 11) is -4.87.